The summed E-state index contributed by atoms with van der Waals surface area (Å²) < 4.78 is 0. The van der Waals surface area contributed by atoms with Crippen molar-refractivity contribution in [2.75, 3.05) is 12.4 Å². The number of rotatable bonds is 1. The maximum Gasteiger partial charge on any atom is 0.237 e. The molecule has 3 nitrogen and oxygen atoms in total. The minimum atomic E-state index is 0.0163. The maximum atomic E-state index is 11.6. The third kappa shape index (κ3) is 1.71. The van der Waals surface area contributed by atoms with Crippen molar-refractivity contribution >= 4 is 28.4 Å². The zero-order valence-corrected chi connectivity index (χ0v) is 10.1. The zero-order chi connectivity index (χ0) is 11.8. The number of halogens is 1. The number of H-pyrrole nitrogens is 1. The van der Waals surface area contributed by atoms with Crippen molar-refractivity contribution in [1.82, 2.24) is 9.88 Å². The lowest BCUT2D eigenvalue weighted by Gasteiger charge is -2.26. The third-order valence-electron chi connectivity index (χ3n) is 3.35. The minimum absolute atomic E-state index is 0.0163. The number of nitrogens with one attached hydrogen (secondary N) is 1. The number of para-hydroxylation sites is 1. The highest BCUT2D eigenvalue weighted by atomic mass is 35.5. The lowest BCUT2D eigenvalue weighted by Crippen LogP contribution is -2.36. The van der Waals surface area contributed by atoms with Crippen LogP contribution in [0.1, 0.15) is 11.3 Å². The van der Waals surface area contributed by atoms with Gasteiger partial charge in [0.15, 0.2) is 0 Å². The number of aromatic nitrogens is 1. The van der Waals surface area contributed by atoms with Crippen LogP contribution in [0.5, 0.6) is 0 Å². The van der Waals surface area contributed by atoms with Gasteiger partial charge in [-0.15, -0.1) is 11.6 Å². The van der Waals surface area contributed by atoms with E-state index in [1.807, 2.05) is 17.0 Å². The van der Waals surface area contributed by atoms with Crippen molar-refractivity contribution in [3.63, 3.8) is 0 Å². The molecule has 3 rings (SSSR count). The smallest absolute Gasteiger partial charge is 0.237 e. The van der Waals surface area contributed by atoms with Gasteiger partial charge in [-0.05, 0) is 6.07 Å². The van der Waals surface area contributed by atoms with Crippen LogP contribution < -0.4 is 0 Å². The number of benzene rings is 1. The summed E-state index contributed by atoms with van der Waals surface area (Å²) in [6, 6.07) is 8.21. The van der Waals surface area contributed by atoms with Crippen LogP contribution in [0.2, 0.25) is 0 Å². The number of carbonyl (C=O) groups is 1. The van der Waals surface area contributed by atoms with Gasteiger partial charge in [-0.3, -0.25) is 4.79 Å². The van der Waals surface area contributed by atoms with E-state index in [2.05, 4.69) is 17.1 Å². The number of nitrogens with zero attached hydrogens (tertiary/aromatic N) is 1. The Kier molecular flexibility index (Phi) is 2.56. The minimum Gasteiger partial charge on any atom is -0.358 e. The summed E-state index contributed by atoms with van der Waals surface area (Å²) in [5.74, 6) is 0.0834. The van der Waals surface area contributed by atoms with Crippen LogP contribution in [0.25, 0.3) is 10.9 Å². The van der Waals surface area contributed by atoms with Gasteiger partial charge < -0.3 is 9.88 Å². The van der Waals surface area contributed by atoms with Gasteiger partial charge >= 0.3 is 0 Å². The van der Waals surface area contributed by atoms with Crippen LogP contribution in [-0.2, 0) is 17.8 Å². The number of hydrogen-bond acceptors (Lipinski definition) is 1. The van der Waals surface area contributed by atoms with E-state index in [-0.39, 0.29) is 11.8 Å². The predicted octanol–water partition coefficient (Wildman–Crippen LogP) is 2.29. The van der Waals surface area contributed by atoms with Crippen molar-refractivity contribution in [3.05, 3.63) is 35.5 Å². The van der Waals surface area contributed by atoms with Crippen LogP contribution in [0.3, 0.4) is 0 Å². The van der Waals surface area contributed by atoms with Gasteiger partial charge in [0.1, 0.15) is 5.88 Å². The van der Waals surface area contributed by atoms with Crippen LogP contribution in [0.4, 0.5) is 0 Å². The second kappa shape index (κ2) is 4.08. The first-order chi connectivity index (χ1) is 8.29. The second-order valence-electron chi connectivity index (χ2n) is 4.33. The Hall–Kier alpha value is -1.48. The molecule has 0 bridgehead atoms. The molecule has 1 aromatic heterocycles. The molecule has 1 aliphatic heterocycles. The average Bonchev–Trinajstić information content (AvgIpc) is 2.75. The summed E-state index contributed by atoms with van der Waals surface area (Å²) in [5.41, 5.74) is 3.65. The lowest BCUT2D eigenvalue weighted by atomic mass is 10.0. The maximum absolute atomic E-state index is 11.6. The largest absolute Gasteiger partial charge is 0.358 e. The molecule has 88 valence electrons. The average molecular weight is 249 g/mol. The summed E-state index contributed by atoms with van der Waals surface area (Å²) in [6.45, 7) is 1.43. The number of hydrogen-bond donors (Lipinski definition) is 1. The highest BCUT2D eigenvalue weighted by Crippen LogP contribution is 2.27. The molecule has 0 fully saturated rings. The molecule has 0 aliphatic carbocycles. The molecule has 2 aromatic rings. The van der Waals surface area contributed by atoms with E-state index in [1.54, 1.807) is 0 Å². The highest BCUT2D eigenvalue weighted by molar-refractivity contribution is 6.27. The van der Waals surface area contributed by atoms with E-state index < -0.39 is 0 Å². The Morgan fingerprint density at radius 1 is 1.41 bits per heavy atom. The fourth-order valence-corrected chi connectivity index (χ4v) is 2.63. The summed E-state index contributed by atoms with van der Waals surface area (Å²) in [5, 5.41) is 1.22. The van der Waals surface area contributed by atoms with Gasteiger partial charge in [-0.2, -0.15) is 0 Å². The van der Waals surface area contributed by atoms with Gasteiger partial charge in [0.2, 0.25) is 5.91 Å². The topological polar surface area (TPSA) is 36.1 Å². The van der Waals surface area contributed by atoms with Gasteiger partial charge in [0.25, 0.3) is 0 Å². The normalized spacial score (nSPS) is 15.0. The molecule has 0 atom stereocenters. The molecule has 17 heavy (non-hydrogen) atoms. The first-order valence-corrected chi connectivity index (χ1v) is 6.25. The van der Waals surface area contributed by atoms with E-state index >= 15 is 0 Å². The van der Waals surface area contributed by atoms with Gasteiger partial charge in [0, 0.05) is 41.7 Å². The number of alkyl halides is 1. The van der Waals surface area contributed by atoms with Crippen LogP contribution in [-0.4, -0.2) is 28.2 Å². The Morgan fingerprint density at radius 2 is 2.24 bits per heavy atom. The monoisotopic (exact) mass is 248 g/mol. The summed E-state index contributed by atoms with van der Waals surface area (Å²) in [7, 11) is 0. The fraction of sp³-hybridized carbons (Fsp3) is 0.308. The van der Waals surface area contributed by atoms with Crippen LogP contribution in [0.15, 0.2) is 24.3 Å². The fourth-order valence-electron chi connectivity index (χ4n) is 2.46. The van der Waals surface area contributed by atoms with Crippen molar-refractivity contribution in [2.45, 2.75) is 13.0 Å². The molecular formula is C13H13ClN2O. The summed E-state index contributed by atoms with van der Waals surface area (Å²) in [6.07, 6.45) is 0.882. The molecule has 2 heterocycles. The van der Waals surface area contributed by atoms with E-state index in [0.29, 0.717) is 6.54 Å². The Bertz CT molecular complexity index is 576. The molecule has 0 spiro atoms. The molecule has 0 saturated heterocycles. The van der Waals surface area contributed by atoms with Gasteiger partial charge in [-0.1, -0.05) is 18.2 Å². The van der Waals surface area contributed by atoms with E-state index in [4.69, 9.17) is 11.6 Å². The van der Waals surface area contributed by atoms with Crippen molar-refractivity contribution in [2.24, 2.45) is 0 Å². The number of amides is 1. The van der Waals surface area contributed by atoms with Gasteiger partial charge in [0.05, 0.1) is 0 Å². The molecule has 1 amide bonds. The molecule has 4 heteroatoms. The quantitative estimate of drug-likeness (QED) is 0.773. The van der Waals surface area contributed by atoms with E-state index in [1.165, 1.54) is 16.6 Å². The number of carbonyl (C=O) groups excluding carboxylic acids is 1. The molecule has 0 saturated carbocycles. The van der Waals surface area contributed by atoms with Crippen LogP contribution in [0, 0.1) is 0 Å². The lowest BCUT2D eigenvalue weighted by molar-refractivity contribution is -0.129. The SMILES string of the molecule is O=C(CCl)N1CCc2[nH]c3ccccc3c2C1. The first kappa shape index (κ1) is 10.7. The Balaban J connectivity index is 2.03. The Labute approximate surface area is 104 Å². The third-order valence-corrected chi connectivity index (χ3v) is 3.58. The molecule has 1 aliphatic rings. The van der Waals surface area contributed by atoms with Crippen LogP contribution >= 0.6 is 11.6 Å². The second-order valence-corrected chi connectivity index (χ2v) is 4.59. The van der Waals surface area contributed by atoms with E-state index in [0.717, 1.165) is 18.5 Å². The zero-order valence-electron chi connectivity index (χ0n) is 9.37. The molecular weight excluding hydrogens is 236 g/mol. The standard InChI is InChI=1S/C13H13ClN2O/c14-7-13(17)16-6-5-12-10(8-16)9-3-1-2-4-11(9)15-12/h1-4,15H,5-8H2. The molecule has 0 unspecified atom stereocenters. The number of fused-ring (bicyclic) bond motifs is 3. The molecule has 1 N–H and O–H groups in total. The Morgan fingerprint density at radius 3 is 3.06 bits per heavy atom. The highest BCUT2D eigenvalue weighted by Gasteiger charge is 2.22. The summed E-state index contributed by atoms with van der Waals surface area (Å²) in [4.78, 5) is 16.9. The molecule has 0 radical (unpaired) electrons. The van der Waals surface area contributed by atoms with Crippen molar-refractivity contribution in [1.29, 1.82) is 0 Å². The molecule has 1 aromatic carbocycles. The van der Waals surface area contributed by atoms with E-state index in [9.17, 15) is 4.79 Å². The number of aromatic amines is 1. The van der Waals surface area contributed by atoms with Crippen molar-refractivity contribution in [3.8, 4) is 0 Å². The summed E-state index contributed by atoms with van der Waals surface area (Å²) >= 11 is 5.61. The van der Waals surface area contributed by atoms with Gasteiger partial charge in [-0.25, -0.2) is 0 Å². The predicted molar refractivity (Wildman–Crippen MR) is 68.1 cm³/mol. The van der Waals surface area contributed by atoms with Crippen molar-refractivity contribution < 1.29 is 4.79 Å². The first-order valence-electron chi connectivity index (χ1n) is 5.72.